The van der Waals surface area contributed by atoms with E-state index in [0.717, 1.165) is 76.1 Å². The summed E-state index contributed by atoms with van der Waals surface area (Å²) in [6.07, 6.45) is 9.30. The van der Waals surface area contributed by atoms with E-state index in [2.05, 4.69) is 177 Å². The molecule has 2 aromatic carbocycles. The van der Waals surface area contributed by atoms with Crippen LogP contribution in [0.4, 0.5) is 0 Å². The second-order valence-corrected chi connectivity index (χ2v) is 28.0. The van der Waals surface area contributed by atoms with Crippen LogP contribution in [0.5, 0.6) is 11.5 Å². The molecule has 0 radical (unpaired) electrons. The molecule has 2 aliphatic heterocycles. The molecule has 2 aliphatic rings. The van der Waals surface area contributed by atoms with Crippen molar-refractivity contribution >= 4 is 0 Å². The molecule has 4 nitrogen and oxygen atoms in total. The zero-order valence-corrected chi connectivity index (χ0v) is 44.7. The van der Waals surface area contributed by atoms with E-state index in [1.807, 2.05) is 0 Å². The van der Waals surface area contributed by atoms with Gasteiger partial charge in [0.05, 0.1) is 38.6 Å². The molecular formula is C58H98O4. The Labute approximate surface area is 384 Å². The molecule has 354 valence electrons. The summed E-state index contributed by atoms with van der Waals surface area (Å²) < 4.78 is 25.8. The van der Waals surface area contributed by atoms with Gasteiger partial charge >= 0.3 is 0 Å². The summed E-state index contributed by atoms with van der Waals surface area (Å²) in [6, 6.07) is 10.2. The van der Waals surface area contributed by atoms with Gasteiger partial charge in [0.15, 0.2) is 0 Å². The molecule has 0 spiro atoms. The SMILES string of the molecule is CC(CCCOc1c(C(C)(C)CC(C)(C)C)cc(-c2cc(C(C)(C)CC(C)(C)C)c(OCCCC(C)C3CO3)c(C(C)(C)CC(C)(C)C)c2)cc1C(C)(C)CC(C)(C)C)C1CO1. The minimum absolute atomic E-state index is 0.133. The van der Waals surface area contributed by atoms with E-state index in [-0.39, 0.29) is 43.3 Å². The van der Waals surface area contributed by atoms with Crippen molar-refractivity contribution in [1.29, 1.82) is 0 Å². The average Bonchev–Trinajstić information content (AvgIpc) is 3.97. The quantitative estimate of drug-likeness (QED) is 0.0926. The molecule has 0 saturated carbocycles. The number of hydrogen-bond acceptors (Lipinski definition) is 4. The first-order chi connectivity index (χ1) is 28.0. The van der Waals surface area contributed by atoms with Crippen molar-refractivity contribution in [3.63, 3.8) is 0 Å². The summed E-state index contributed by atoms with van der Waals surface area (Å²) in [7, 11) is 0. The number of ether oxygens (including phenoxy) is 4. The Balaban J connectivity index is 2.06. The van der Waals surface area contributed by atoms with Crippen LogP contribution in [0.15, 0.2) is 24.3 Å². The van der Waals surface area contributed by atoms with Crippen molar-refractivity contribution in [1.82, 2.24) is 0 Å². The van der Waals surface area contributed by atoms with E-state index < -0.39 is 0 Å². The van der Waals surface area contributed by atoms with E-state index in [9.17, 15) is 0 Å². The minimum Gasteiger partial charge on any atom is -0.493 e. The van der Waals surface area contributed by atoms with Crippen LogP contribution in [0, 0.1) is 33.5 Å². The van der Waals surface area contributed by atoms with Gasteiger partial charge in [-0.3, -0.25) is 0 Å². The second-order valence-electron chi connectivity index (χ2n) is 28.0. The summed E-state index contributed by atoms with van der Waals surface area (Å²) in [6.45, 7) is 56.2. The highest BCUT2D eigenvalue weighted by Crippen LogP contribution is 2.52. The van der Waals surface area contributed by atoms with Crippen LogP contribution < -0.4 is 9.47 Å². The molecule has 2 saturated heterocycles. The molecule has 4 rings (SSSR count). The van der Waals surface area contributed by atoms with Crippen LogP contribution in [-0.2, 0) is 31.1 Å². The Bertz CT molecular complexity index is 1540. The van der Waals surface area contributed by atoms with Gasteiger partial charge in [0, 0.05) is 22.3 Å². The Morgan fingerprint density at radius 3 is 0.855 bits per heavy atom. The molecule has 0 bridgehead atoms. The fourth-order valence-electron chi connectivity index (χ4n) is 11.9. The number of rotatable bonds is 21. The molecule has 4 unspecified atom stereocenters. The molecule has 2 heterocycles. The van der Waals surface area contributed by atoms with E-state index in [1.165, 1.54) is 33.4 Å². The molecule has 0 aromatic heterocycles. The third-order valence-electron chi connectivity index (χ3n) is 13.4. The molecule has 0 amide bonds. The van der Waals surface area contributed by atoms with E-state index in [0.29, 0.717) is 37.3 Å². The van der Waals surface area contributed by atoms with Crippen molar-refractivity contribution in [2.45, 2.75) is 238 Å². The van der Waals surface area contributed by atoms with Crippen LogP contribution in [0.1, 0.15) is 226 Å². The predicted octanol–water partition coefficient (Wildman–Crippen LogP) is 16.6. The second kappa shape index (κ2) is 19.1. The Hall–Kier alpha value is -2.04. The van der Waals surface area contributed by atoms with Gasteiger partial charge in [0.2, 0.25) is 0 Å². The summed E-state index contributed by atoms with van der Waals surface area (Å²) in [5.74, 6) is 3.35. The van der Waals surface area contributed by atoms with E-state index in [4.69, 9.17) is 18.9 Å². The summed E-state index contributed by atoms with van der Waals surface area (Å²) in [5, 5.41) is 0. The lowest BCUT2D eigenvalue weighted by molar-refractivity contribution is 0.240. The Kier molecular flexibility index (Phi) is 16.2. The summed E-state index contributed by atoms with van der Waals surface area (Å²) >= 11 is 0. The number of benzene rings is 2. The largest absolute Gasteiger partial charge is 0.493 e. The van der Waals surface area contributed by atoms with Crippen LogP contribution in [0.3, 0.4) is 0 Å². The van der Waals surface area contributed by atoms with Crippen molar-refractivity contribution in [3.05, 3.63) is 46.5 Å². The van der Waals surface area contributed by atoms with Crippen molar-refractivity contribution in [2.75, 3.05) is 26.4 Å². The molecular weight excluding hydrogens is 761 g/mol. The molecule has 4 heteroatoms. The average molecular weight is 859 g/mol. The maximum Gasteiger partial charge on any atom is 0.126 e. The molecule has 2 fully saturated rings. The fraction of sp³-hybridized carbons (Fsp3) is 0.793. The molecule has 4 atom stereocenters. The van der Waals surface area contributed by atoms with Crippen LogP contribution >= 0.6 is 0 Å². The molecule has 2 aromatic rings. The third kappa shape index (κ3) is 15.6. The normalized spacial score (nSPS) is 19.1. The van der Waals surface area contributed by atoms with Gasteiger partial charge in [-0.25, -0.2) is 0 Å². The van der Waals surface area contributed by atoms with Gasteiger partial charge in [-0.15, -0.1) is 0 Å². The minimum atomic E-state index is -0.139. The lowest BCUT2D eigenvalue weighted by Gasteiger charge is -2.40. The first-order valence-electron chi connectivity index (χ1n) is 24.9. The van der Waals surface area contributed by atoms with Gasteiger partial charge in [0.1, 0.15) is 11.5 Å². The van der Waals surface area contributed by atoms with Gasteiger partial charge in [0.25, 0.3) is 0 Å². The lowest BCUT2D eigenvalue weighted by Crippen LogP contribution is -2.30. The van der Waals surface area contributed by atoms with Crippen LogP contribution in [-0.4, -0.2) is 38.6 Å². The van der Waals surface area contributed by atoms with Gasteiger partial charge in [-0.05, 0) is 142 Å². The first-order valence-corrected chi connectivity index (χ1v) is 24.9. The van der Waals surface area contributed by atoms with Crippen molar-refractivity contribution in [2.24, 2.45) is 33.5 Å². The number of epoxide rings is 2. The third-order valence-corrected chi connectivity index (χ3v) is 13.4. The van der Waals surface area contributed by atoms with Crippen molar-refractivity contribution < 1.29 is 18.9 Å². The highest BCUT2D eigenvalue weighted by Gasteiger charge is 2.40. The van der Waals surface area contributed by atoms with Crippen molar-refractivity contribution in [3.8, 4) is 22.6 Å². The van der Waals surface area contributed by atoms with Gasteiger partial charge in [-0.1, -0.05) is 152 Å². The predicted molar refractivity (Wildman–Crippen MR) is 268 cm³/mol. The zero-order valence-electron chi connectivity index (χ0n) is 44.7. The smallest absolute Gasteiger partial charge is 0.126 e. The van der Waals surface area contributed by atoms with Crippen LogP contribution in [0.25, 0.3) is 11.1 Å². The van der Waals surface area contributed by atoms with E-state index >= 15 is 0 Å². The standard InChI is InChI=1S/C58H98O4/c1-39(47-33-61-47)25-23-27-59-49-43(55(15,16)35-51(3,4)5)29-41(30-44(49)56(17,18)36-52(6,7)8)42-31-45(57(19,20)37-53(9,10)11)50(60-28-24-26-40(2)48-34-62-48)46(32-42)58(21,22)38-54(12,13)14/h29-32,39-40,47-48H,23-28,33-38H2,1-22H3. The summed E-state index contributed by atoms with van der Waals surface area (Å²) in [4.78, 5) is 0. The number of hydrogen-bond donors (Lipinski definition) is 0. The van der Waals surface area contributed by atoms with Gasteiger partial charge in [-0.2, -0.15) is 0 Å². The lowest BCUT2D eigenvalue weighted by atomic mass is 9.66. The zero-order chi connectivity index (χ0) is 47.1. The molecule has 0 aliphatic carbocycles. The molecule has 62 heavy (non-hydrogen) atoms. The monoisotopic (exact) mass is 859 g/mol. The maximum atomic E-state index is 7.22. The summed E-state index contributed by atoms with van der Waals surface area (Å²) in [5.41, 5.74) is 7.89. The van der Waals surface area contributed by atoms with E-state index in [1.54, 1.807) is 0 Å². The Morgan fingerprint density at radius 1 is 0.435 bits per heavy atom. The Morgan fingerprint density at radius 2 is 0.661 bits per heavy atom. The van der Waals surface area contributed by atoms with Crippen LogP contribution in [0.2, 0.25) is 0 Å². The van der Waals surface area contributed by atoms with Gasteiger partial charge < -0.3 is 18.9 Å². The topological polar surface area (TPSA) is 43.5 Å². The molecule has 0 N–H and O–H groups in total. The highest BCUT2D eigenvalue weighted by atomic mass is 16.6. The maximum absolute atomic E-state index is 7.22. The first kappa shape index (κ1) is 52.6. The highest BCUT2D eigenvalue weighted by molar-refractivity contribution is 5.73. The fourth-order valence-corrected chi connectivity index (χ4v) is 11.9.